The first kappa shape index (κ1) is 12.0. The number of anilines is 1. The molecule has 2 N–H and O–H groups in total. The molecule has 0 fully saturated rings. The minimum Gasteiger partial charge on any atom is -0.350 e. The van der Waals surface area contributed by atoms with E-state index in [0.29, 0.717) is 5.33 Å². The second-order valence-electron chi connectivity index (χ2n) is 3.26. The van der Waals surface area contributed by atoms with Crippen LogP contribution in [0.25, 0.3) is 0 Å². The van der Waals surface area contributed by atoms with Crippen molar-refractivity contribution in [3.8, 4) is 0 Å². The fourth-order valence-corrected chi connectivity index (χ4v) is 1.84. The maximum Gasteiger partial charge on any atom is 0.334 e. The van der Waals surface area contributed by atoms with Gasteiger partial charge in [-0.25, -0.2) is 14.8 Å². The number of carbonyl (C=O) groups excluding carboxylic acids is 1. The van der Waals surface area contributed by atoms with Gasteiger partial charge in [0.15, 0.2) is 0 Å². The number of primary amides is 1. The monoisotopic (exact) mass is 271 g/mol. The maximum atomic E-state index is 11.3. The van der Waals surface area contributed by atoms with Gasteiger partial charge < -0.3 is 5.73 Å². The van der Waals surface area contributed by atoms with Crippen molar-refractivity contribution in [3.05, 3.63) is 29.8 Å². The Bertz CT molecular complexity index is 354. The van der Waals surface area contributed by atoms with Crippen molar-refractivity contribution >= 4 is 27.6 Å². The number of rotatable bonds is 3. The van der Waals surface area contributed by atoms with E-state index in [1.54, 1.807) is 19.1 Å². The van der Waals surface area contributed by atoms with Crippen LogP contribution in [-0.2, 0) is 5.33 Å². The number of halogens is 1. The topological polar surface area (TPSA) is 49.6 Å². The van der Waals surface area contributed by atoms with Crippen molar-refractivity contribution in [2.45, 2.75) is 5.33 Å². The molecule has 82 valence electrons. The Kier molecular flexibility index (Phi) is 4.11. The predicted molar refractivity (Wildman–Crippen MR) is 64.8 cm³/mol. The van der Waals surface area contributed by atoms with Gasteiger partial charge in [-0.15, -0.1) is 0 Å². The van der Waals surface area contributed by atoms with Crippen molar-refractivity contribution in [1.29, 1.82) is 0 Å². The number of urea groups is 1. The van der Waals surface area contributed by atoms with Crippen LogP contribution < -0.4 is 10.7 Å². The Labute approximate surface area is 97.7 Å². The summed E-state index contributed by atoms with van der Waals surface area (Å²) < 4.78 is 0. The van der Waals surface area contributed by atoms with Gasteiger partial charge >= 0.3 is 6.03 Å². The molecule has 4 nitrogen and oxygen atoms in total. The van der Waals surface area contributed by atoms with Crippen LogP contribution in [0.1, 0.15) is 5.56 Å². The Hall–Kier alpha value is -1.07. The van der Waals surface area contributed by atoms with E-state index >= 15 is 0 Å². The number of para-hydroxylation sites is 1. The average molecular weight is 272 g/mol. The van der Waals surface area contributed by atoms with E-state index in [4.69, 9.17) is 5.73 Å². The first-order valence-electron chi connectivity index (χ1n) is 4.48. The molecule has 0 aliphatic carbocycles. The fourth-order valence-electron chi connectivity index (χ4n) is 1.36. The zero-order valence-corrected chi connectivity index (χ0v) is 10.4. The highest BCUT2D eigenvalue weighted by Crippen LogP contribution is 2.22. The van der Waals surface area contributed by atoms with Crippen LogP contribution in [0.3, 0.4) is 0 Å². The van der Waals surface area contributed by atoms with Gasteiger partial charge in [0.25, 0.3) is 0 Å². The van der Waals surface area contributed by atoms with Crippen LogP contribution in [0, 0.1) is 0 Å². The lowest BCUT2D eigenvalue weighted by atomic mass is 10.2. The first-order valence-corrected chi connectivity index (χ1v) is 5.60. The lowest BCUT2D eigenvalue weighted by Gasteiger charge is -2.28. The van der Waals surface area contributed by atoms with Gasteiger partial charge in [0.2, 0.25) is 0 Å². The molecule has 0 radical (unpaired) electrons. The summed E-state index contributed by atoms with van der Waals surface area (Å²) in [5, 5.41) is 3.77. The summed E-state index contributed by atoms with van der Waals surface area (Å²) in [4.78, 5) is 11.3. The van der Waals surface area contributed by atoms with E-state index in [9.17, 15) is 4.79 Å². The maximum absolute atomic E-state index is 11.3. The SMILES string of the molecule is CN(C)N(C(N)=O)c1ccccc1CBr. The highest BCUT2D eigenvalue weighted by molar-refractivity contribution is 9.08. The average Bonchev–Trinajstić information content (AvgIpc) is 2.17. The third-order valence-electron chi connectivity index (χ3n) is 1.97. The zero-order valence-electron chi connectivity index (χ0n) is 8.77. The number of nitrogens with two attached hydrogens (primary N) is 1. The van der Waals surface area contributed by atoms with Crippen LogP contribution in [0.4, 0.5) is 10.5 Å². The minimum atomic E-state index is -0.492. The van der Waals surface area contributed by atoms with E-state index in [2.05, 4.69) is 15.9 Å². The lowest BCUT2D eigenvalue weighted by Crippen LogP contribution is -2.45. The van der Waals surface area contributed by atoms with E-state index in [1.807, 2.05) is 24.3 Å². The Morgan fingerprint density at radius 3 is 2.47 bits per heavy atom. The molecule has 0 bridgehead atoms. The van der Waals surface area contributed by atoms with Gasteiger partial charge in [-0.05, 0) is 11.6 Å². The summed E-state index contributed by atoms with van der Waals surface area (Å²) in [7, 11) is 3.55. The molecule has 0 unspecified atom stereocenters. The molecular formula is C10H14BrN3O. The Balaban J connectivity index is 3.16. The number of benzene rings is 1. The lowest BCUT2D eigenvalue weighted by molar-refractivity contribution is 0.239. The molecule has 1 aromatic carbocycles. The van der Waals surface area contributed by atoms with E-state index < -0.39 is 6.03 Å². The van der Waals surface area contributed by atoms with Crippen molar-refractivity contribution in [2.24, 2.45) is 5.73 Å². The van der Waals surface area contributed by atoms with Gasteiger partial charge in [0.1, 0.15) is 0 Å². The van der Waals surface area contributed by atoms with Gasteiger partial charge in [-0.3, -0.25) is 0 Å². The smallest absolute Gasteiger partial charge is 0.334 e. The molecule has 0 aliphatic heterocycles. The molecule has 0 spiro atoms. The molecule has 0 aromatic heterocycles. The Morgan fingerprint density at radius 1 is 1.40 bits per heavy atom. The van der Waals surface area contributed by atoms with E-state index in [1.165, 1.54) is 5.01 Å². The molecule has 1 aromatic rings. The van der Waals surface area contributed by atoms with Gasteiger partial charge in [0.05, 0.1) is 5.69 Å². The number of hydrogen-bond acceptors (Lipinski definition) is 2. The van der Waals surface area contributed by atoms with Crippen molar-refractivity contribution in [3.63, 3.8) is 0 Å². The molecule has 2 amide bonds. The highest BCUT2D eigenvalue weighted by atomic mass is 79.9. The van der Waals surface area contributed by atoms with Gasteiger partial charge in [0, 0.05) is 19.4 Å². The van der Waals surface area contributed by atoms with Crippen LogP contribution in [0.5, 0.6) is 0 Å². The molecular weight excluding hydrogens is 258 g/mol. The van der Waals surface area contributed by atoms with Crippen LogP contribution in [0.2, 0.25) is 0 Å². The largest absolute Gasteiger partial charge is 0.350 e. The van der Waals surface area contributed by atoms with Crippen molar-refractivity contribution in [1.82, 2.24) is 5.01 Å². The summed E-state index contributed by atoms with van der Waals surface area (Å²) in [6.07, 6.45) is 0. The number of alkyl halides is 1. The number of hydrazine groups is 1. The van der Waals surface area contributed by atoms with Crippen molar-refractivity contribution in [2.75, 3.05) is 19.1 Å². The standard InChI is InChI=1S/C10H14BrN3O/c1-13(2)14(10(12)15)9-6-4-3-5-8(9)7-11/h3-6H,7H2,1-2H3,(H2,12,15). The highest BCUT2D eigenvalue weighted by Gasteiger charge is 2.17. The second-order valence-corrected chi connectivity index (χ2v) is 3.82. The fraction of sp³-hybridized carbons (Fsp3) is 0.300. The normalized spacial score (nSPS) is 10.4. The number of hydrogen-bond donors (Lipinski definition) is 1. The van der Waals surface area contributed by atoms with E-state index in [0.717, 1.165) is 11.3 Å². The number of nitrogens with zero attached hydrogens (tertiary/aromatic N) is 2. The first-order chi connectivity index (χ1) is 7.07. The summed E-state index contributed by atoms with van der Waals surface area (Å²) in [5.74, 6) is 0. The Morgan fingerprint density at radius 2 is 2.00 bits per heavy atom. The molecule has 0 aliphatic rings. The third-order valence-corrected chi connectivity index (χ3v) is 2.58. The number of amides is 2. The third kappa shape index (κ3) is 2.70. The summed E-state index contributed by atoms with van der Waals surface area (Å²) in [5.41, 5.74) is 7.14. The molecule has 15 heavy (non-hydrogen) atoms. The molecule has 0 atom stereocenters. The number of carbonyl (C=O) groups is 1. The molecule has 5 heteroatoms. The van der Waals surface area contributed by atoms with Gasteiger partial charge in [-0.2, -0.15) is 0 Å². The zero-order chi connectivity index (χ0) is 11.4. The summed E-state index contributed by atoms with van der Waals surface area (Å²) in [6, 6.07) is 7.12. The minimum absolute atomic E-state index is 0.492. The summed E-state index contributed by atoms with van der Waals surface area (Å²) >= 11 is 3.38. The van der Waals surface area contributed by atoms with Crippen molar-refractivity contribution < 1.29 is 4.79 Å². The molecule has 0 heterocycles. The quantitative estimate of drug-likeness (QED) is 0.675. The predicted octanol–water partition coefficient (Wildman–Crippen LogP) is 1.94. The summed E-state index contributed by atoms with van der Waals surface area (Å²) in [6.45, 7) is 0. The second kappa shape index (κ2) is 5.14. The van der Waals surface area contributed by atoms with E-state index in [-0.39, 0.29) is 0 Å². The van der Waals surface area contributed by atoms with Gasteiger partial charge in [-0.1, -0.05) is 34.1 Å². The molecule has 0 saturated carbocycles. The molecule has 1 rings (SSSR count). The van der Waals surface area contributed by atoms with Crippen LogP contribution in [-0.4, -0.2) is 25.1 Å². The van der Waals surface area contributed by atoms with Crippen LogP contribution in [0.15, 0.2) is 24.3 Å². The molecule has 0 saturated heterocycles. The van der Waals surface area contributed by atoms with Crippen LogP contribution >= 0.6 is 15.9 Å².